The van der Waals surface area contributed by atoms with Crippen molar-refractivity contribution in [2.75, 3.05) is 39.4 Å². The van der Waals surface area contributed by atoms with Gasteiger partial charge in [0.2, 0.25) is 11.8 Å². The normalized spacial score (nSPS) is 19.2. The Morgan fingerprint density at radius 3 is 2.56 bits per heavy atom. The number of aryl methyl sites for hydroxylation is 1. The molecule has 2 aliphatic rings. The molecular weight excluding hydrogens is 318 g/mol. The first-order chi connectivity index (χ1) is 12.1. The number of benzene rings is 1. The monoisotopic (exact) mass is 345 g/mol. The summed E-state index contributed by atoms with van der Waals surface area (Å²) in [5.41, 5.74) is 1.36. The quantitative estimate of drug-likeness (QED) is 0.719. The highest BCUT2D eigenvalue weighted by atomic mass is 16.5. The van der Waals surface area contributed by atoms with E-state index in [0.717, 1.165) is 44.0 Å². The van der Waals surface area contributed by atoms with E-state index in [1.165, 1.54) is 0 Å². The molecule has 1 heterocycles. The standard InChI is InChI=1S/C19H27N3O3/c1-15-3-2-4-16(13-15)14-21-18(24)19(5-6-19)17(23)20-7-8-22-9-11-25-12-10-22/h2-4,13H,5-12,14H2,1H3,(H,20,23)(H,21,24). The molecule has 0 bridgehead atoms. The minimum Gasteiger partial charge on any atom is -0.379 e. The maximum absolute atomic E-state index is 12.5. The number of nitrogens with one attached hydrogen (secondary N) is 2. The first-order valence-corrected chi connectivity index (χ1v) is 9.02. The molecule has 1 saturated carbocycles. The van der Waals surface area contributed by atoms with E-state index in [1.54, 1.807) is 0 Å². The van der Waals surface area contributed by atoms with Crippen molar-refractivity contribution in [3.63, 3.8) is 0 Å². The van der Waals surface area contributed by atoms with Gasteiger partial charge in [0, 0.05) is 32.7 Å². The van der Waals surface area contributed by atoms with Crippen molar-refractivity contribution in [3.05, 3.63) is 35.4 Å². The third-order valence-electron chi connectivity index (χ3n) is 4.97. The van der Waals surface area contributed by atoms with Gasteiger partial charge in [-0.25, -0.2) is 0 Å². The summed E-state index contributed by atoms with van der Waals surface area (Å²) < 4.78 is 5.31. The number of hydrogen-bond acceptors (Lipinski definition) is 4. The van der Waals surface area contributed by atoms with Gasteiger partial charge in [-0.2, -0.15) is 0 Å². The van der Waals surface area contributed by atoms with E-state index < -0.39 is 5.41 Å². The Hall–Kier alpha value is -1.92. The zero-order chi connectivity index (χ0) is 17.7. The highest BCUT2D eigenvalue weighted by Gasteiger charge is 2.56. The van der Waals surface area contributed by atoms with Crippen molar-refractivity contribution in [2.24, 2.45) is 5.41 Å². The fourth-order valence-electron chi connectivity index (χ4n) is 3.18. The molecule has 2 fully saturated rings. The summed E-state index contributed by atoms with van der Waals surface area (Å²) in [6, 6.07) is 8.02. The van der Waals surface area contributed by atoms with E-state index in [4.69, 9.17) is 4.74 Å². The van der Waals surface area contributed by atoms with Gasteiger partial charge in [0.05, 0.1) is 13.2 Å². The maximum atomic E-state index is 12.5. The summed E-state index contributed by atoms with van der Waals surface area (Å²) in [5, 5.41) is 5.86. The average Bonchev–Trinajstić information content (AvgIpc) is 3.43. The number of nitrogens with zero attached hydrogens (tertiary/aromatic N) is 1. The molecule has 0 spiro atoms. The van der Waals surface area contributed by atoms with Crippen molar-refractivity contribution in [1.82, 2.24) is 15.5 Å². The summed E-state index contributed by atoms with van der Waals surface area (Å²) in [6.45, 7) is 7.16. The second kappa shape index (κ2) is 7.97. The Morgan fingerprint density at radius 2 is 1.88 bits per heavy atom. The Morgan fingerprint density at radius 1 is 1.16 bits per heavy atom. The van der Waals surface area contributed by atoms with Crippen LogP contribution in [0, 0.1) is 12.3 Å². The number of morpholine rings is 1. The van der Waals surface area contributed by atoms with Crippen LogP contribution in [0.5, 0.6) is 0 Å². The van der Waals surface area contributed by atoms with Crippen molar-refractivity contribution in [3.8, 4) is 0 Å². The molecule has 6 nitrogen and oxygen atoms in total. The topological polar surface area (TPSA) is 70.7 Å². The SMILES string of the molecule is Cc1cccc(CNC(=O)C2(C(=O)NCCN3CCOCC3)CC2)c1. The number of carbonyl (C=O) groups excluding carboxylic acids is 2. The third kappa shape index (κ3) is 4.58. The third-order valence-corrected chi connectivity index (χ3v) is 4.97. The van der Waals surface area contributed by atoms with Crippen LogP contribution in [0.3, 0.4) is 0 Å². The fraction of sp³-hybridized carbons (Fsp3) is 0.579. The molecular formula is C19H27N3O3. The molecule has 0 unspecified atom stereocenters. The Kier molecular flexibility index (Phi) is 5.71. The lowest BCUT2D eigenvalue weighted by Gasteiger charge is -2.26. The van der Waals surface area contributed by atoms with Crippen molar-refractivity contribution < 1.29 is 14.3 Å². The summed E-state index contributed by atoms with van der Waals surface area (Å²) in [7, 11) is 0. The predicted octanol–water partition coefficient (Wildman–Crippen LogP) is 0.840. The lowest BCUT2D eigenvalue weighted by molar-refractivity contribution is -0.137. The molecule has 1 aromatic carbocycles. The van der Waals surface area contributed by atoms with E-state index >= 15 is 0 Å². The second-order valence-electron chi connectivity index (χ2n) is 6.96. The zero-order valence-corrected chi connectivity index (χ0v) is 14.8. The van der Waals surface area contributed by atoms with Crippen LogP contribution in [0.25, 0.3) is 0 Å². The molecule has 0 atom stereocenters. The first-order valence-electron chi connectivity index (χ1n) is 9.02. The molecule has 3 rings (SSSR count). The molecule has 6 heteroatoms. The van der Waals surface area contributed by atoms with Crippen LogP contribution < -0.4 is 10.6 Å². The van der Waals surface area contributed by atoms with E-state index in [-0.39, 0.29) is 11.8 Å². The largest absolute Gasteiger partial charge is 0.379 e. The van der Waals surface area contributed by atoms with Gasteiger partial charge in [-0.15, -0.1) is 0 Å². The van der Waals surface area contributed by atoms with Gasteiger partial charge in [0.25, 0.3) is 0 Å². The number of hydrogen-bond donors (Lipinski definition) is 2. The van der Waals surface area contributed by atoms with Gasteiger partial charge >= 0.3 is 0 Å². The minimum absolute atomic E-state index is 0.137. The van der Waals surface area contributed by atoms with Gasteiger partial charge in [-0.05, 0) is 25.3 Å². The highest BCUT2D eigenvalue weighted by molar-refractivity contribution is 6.07. The molecule has 0 aromatic heterocycles. The van der Waals surface area contributed by atoms with Crippen molar-refractivity contribution in [2.45, 2.75) is 26.3 Å². The van der Waals surface area contributed by atoms with Crippen LogP contribution in [0.15, 0.2) is 24.3 Å². The van der Waals surface area contributed by atoms with Crippen molar-refractivity contribution >= 4 is 11.8 Å². The smallest absolute Gasteiger partial charge is 0.235 e. The highest BCUT2D eigenvalue weighted by Crippen LogP contribution is 2.46. The second-order valence-corrected chi connectivity index (χ2v) is 6.96. The predicted molar refractivity (Wildman–Crippen MR) is 95.0 cm³/mol. The first kappa shape index (κ1) is 17.9. The molecule has 1 aliphatic carbocycles. The van der Waals surface area contributed by atoms with Crippen LogP contribution in [0.1, 0.15) is 24.0 Å². The summed E-state index contributed by atoms with van der Waals surface area (Å²) in [5.74, 6) is -0.291. The summed E-state index contributed by atoms with van der Waals surface area (Å²) in [4.78, 5) is 27.2. The van der Waals surface area contributed by atoms with E-state index in [1.807, 2.05) is 31.2 Å². The van der Waals surface area contributed by atoms with Crippen LogP contribution in [-0.2, 0) is 20.9 Å². The van der Waals surface area contributed by atoms with E-state index in [2.05, 4.69) is 15.5 Å². The van der Waals surface area contributed by atoms with E-state index in [0.29, 0.717) is 25.9 Å². The molecule has 1 aliphatic heterocycles. The maximum Gasteiger partial charge on any atom is 0.235 e. The van der Waals surface area contributed by atoms with Crippen LogP contribution in [0.4, 0.5) is 0 Å². The number of carbonyl (C=O) groups is 2. The van der Waals surface area contributed by atoms with Crippen LogP contribution in [-0.4, -0.2) is 56.1 Å². The summed E-state index contributed by atoms with van der Waals surface area (Å²) in [6.07, 6.45) is 1.27. The Balaban J connectivity index is 1.43. The van der Waals surface area contributed by atoms with Gasteiger partial charge in [-0.3, -0.25) is 14.5 Å². The fourth-order valence-corrected chi connectivity index (χ4v) is 3.18. The molecule has 2 amide bonds. The summed E-state index contributed by atoms with van der Waals surface area (Å²) >= 11 is 0. The molecule has 1 saturated heterocycles. The molecule has 25 heavy (non-hydrogen) atoms. The Labute approximate surface area is 148 Å². The molecule has 0 radical (unpaired) electrons. The van der Waals surface area contributed by atoms with E-state index in [9.17, 15) is 9.59 Å². The van der Waals surface area contributed by atoms with Crippen molar-refractivity contribution in [1.29, 1.82) is 0 Å². The number of amides is 2. The molecule has 1 aromatic rings. The van der Waals surface area contributed by atoms with Crippen LogP contribution in [0.2, 0.25) is 0 Å². The van der Waals surface area contributed by atoms with Gasteiger partial charge < -0.3 is 15.4 Å². The average molecular weight is 345 g/mol. The zero-order valence-electron chi connectivity index (χ0n) is 14.8. The van der Waals surface area contributed by atoms with Crippen LogP contribution >= 0.6 is 0 Å². The lowest BCUT2D eigenvalue weighted by Crippen LogP contribution is -2.46. The molecule has 136 valence electrons. The number of ether oxygens (including phenoxy) is 1. The van der Waals surface area contributed by atoms with Gasteiger partial charge in [0.1, 0.15) is 5.41 Å². The lowest BCUT2D eigenvalue weighted by atomic mass is 10.0. The van der Waals surface area contributed by atoms with Gasteiger partial charge in [0.15, 0.2) is 0 Å². The Bertz CT molecular complexity index is 622. The molecule has 2 N–H and O–H groups in total. The number of rotatable bonds is 7. The minimum atomic E-state index is -0.852. The van der Waals surface area contributed by atoms with Gasteiger partial charge in [-0.1, -0.05) is 29.8 Å².